The number of furan rings is 2. The first-order valence-corrected chi connectivity index (χ1v) is 26.9. The number of hydrogen-bond acceptors (Lipinski definition) is 5. The Morgan fingerprint density at radius 3 is 1.53 bits per heavy atom. The third-order valence-corrected chi connectivity index (χ3v) is 16.2. The van der Waals surface area contributed by atoms with Gasteiger partial charge in [0, 0.05) is 70.7 Å². The molecule has 362 valence electrons. The van der Waals surface area contributed by atoms with Gasteiger partial charge in [-0.25, -0.2) is 0 Å². The van der Waals surface area contributed by atoms with Crippen molar-refractivity contribution in [2.75, 3.05) is 9.80 Å². The molecular weight excluding hydrogens is 957 g/mol. The number of nitrogens with zero attached hydrogens (tertiary/aromatic N) is 2. The number of rotatable bonds is 10. The quantitative estimate of drug-likeness (QED) is 0.137. The minimum absolute atomic E-state index is 0.817. The fourth-order valence-corrected chi connectivity index (χ4v) is 12.5. The van der Waals surface area contributed by atoms with E-state index in [1.54, 1.807) is 0 Å². The summed E-state index contributed by atoms with van der Waals surface area (Å²) < 4.78 is 16.2. The molecule has 0 aliphatic carbocycles. The fraction of sp³-hybridized carbons (Fsp3) is 0. The van der Waals surface area contributed by atoms with Gasteiger partial charge in [-0.15, -0.1) is 11.3 Å². The molecule has 3 heterocycles. The highest BCUT2D eigenvalue weighted by atomic mass is 32.1. The summed E-state index contributed by atoms with van der Waals surface area (Å²) in [5.74, 6) is 0. The molecule has 15 aromatic rings. The topological polar surface area (TPSA) is 32.8 Å². The third kappa shape index (κ3) is 7.75. The summed E-state index contributed by atoms with van der Waals surface area (Å²) in [6.07, 6.45) is 0. The first-order valence-electron chi connectivity index (χ1n) is 26.0. The Morgan fingerprint density at radius 2 is 0.740 bits per heavy atom. The molecule has 0 fully saturated rings. The highest BCUT2D eigenvalue weighted by Crippen LogP contribution is 2.48. The van der Waals surface area contributed by atoms with Crippen LogP contribution in [0.2, 0.25) is 0 Å². The highest BCUT2D eigenvalue weighted by Gasteiger charge is 2.23. The molecule has 0 spiro atoms. The number of benzene rings is 12. The summed E-state index contributed by atoms with van der Waals surface area (Å²) in [5.41, 5.74) is 18.7. The predicted molar refractivity (Wildman–Crippen MR) is 325 cm³/mol. The van der Waals surface area contributed by atoms with Crippen molar-refractivity contribution in [2.24, 2.45) is 0 Å². The molecule has 0 aliphatic heterocycles. The number of thiophene rings is 1. The van der Waals surface area contributed by atoms with Gasteiger partial charge >= 0.3 is 0 Å². The number of para-hydroxylation sites is 3. The van der Waals surface area contributed by atoms with E-state index in [1.165, 1.54) is 31.3 Å². The van der Waals surface area contributed by atoms with Crippen molar-refractivity contribution in [1.29, 1.82) is 0 Å². The van der Waals surface area contributed by atoms with Gasteiger partial charge in [0.05, 0.1) is 16.8 Å². The van der Waals surface area contributed by atoms with Crippen molar-refractivity contribution in [3.63, 3.8) is 0 Å². The highest BCUT2D eigenvalue weighted by molar-refractivity contribution is 7.25. The SMILES string of the molecule is c1ccc(-c2ccc3c(c2)oc2cc(N(c4ccccc4)c4cccc5oc6cc(-c7ccccc7-c7ccccc7N(c7ccccc7)c7ccc(-c8ccc9sc%10ccccc%10c9c8)cc7)ccc6c45)ccc23)cc1. The lowest BCUT2D eigenvalue weighted by Crippen LogP contribution is -2.11. The largest absolute Gasteiger partial charge is 0.456 e. The summed E-state index contributed by atoms with van der Waals surface area (Å²) in [6, 6.07) is 99.9. The van der Waals surface area contributed by atoms with Crippen molar-refractivity contribution < 1.29 is 8.83 Å². The van der Waals surface area contributed by atoms with E-state index in [0.29, 0.717) is 0 Å². The Morgan fingerprint density at radius 1 is 0.247 bits per heavy atom. The molecular formula is C72H46N2O2S. The molecule has 0 atom stereocenters. The maximum atomic E-state index is 6.88. The van der Waals surface area contributed by atoms with Gasteiger partial charge in [0.2, 0.25) is 0 Å². The molecule has 77 heavy (non-hydrogen) atoms. The van der Waals surface area contributed by atoms with Gasteiger partial charge in [0.25, 0.3) is 0 Å². The number of fused-ring (bicyclic) bond motifs is 9. The van der Waals surface area contributed by atoms with Crippen molar-refractivity contribution in [1.82, 2.24) is 0 Å². The van der Waals surface area contributed by atoms with Crippen LogP contribution in [-0.2, 0) is 0 Å². The first kappa shape index (κ1) is 44.5. The van der Waals surface area contributed by atoms with E-state index in [0.717, 1.165) is 111 Å². The molecule has 12 aromatic carbocycles. The molecule has 15 rings (SSSR count). The summed E-state index contributed by atoms with van der Waals surface area (Å²) >= 11 is 1.85. The molecule has 0 N–H and O–H groups in total. The standard InChI is InChI=1S/C72H46N2O2S/c1-4-17-47(18-5-1)50-33-39-59-60-41-38-55(46-69(60)76-67(59)44-50)74(53-21-8-3-9-22-53)65-28-16-29-66-72(65)62-40-34-51(45-68(62)75-66)56-23-10-11-24-57(56)58-25-12-14-27-64(58)73(52-19-6-2-7-20-52)54-36-31-48(32-37-54)49-35-42-71-63(43-49)61-26-13-15-30-70(61)77-71/h1-46H. The second-order valence-electron chi connectivity index (χ2n) is 19.6. The lowest BCUT2D eigenvalue weighted by atomic mass is 9.92. The Balaban J connectivity index is 0.809. The second-order valence-corrected chi connectivity index (χ2v) is 20.7. The summed E-state index contributed by atoms with van der Waals surface area (Å²) in [7, 11) is 0. The van der Waals surface area contributed by atoms with Crippen molar-refractivity contribution >= 4 is 110 Å². The van der Waals surface area contributed by atoms with Crippen LogP contribution < -0.4 is 9.80 Å². The zero-order chi connectivity index (χ0) is 50.8. The van der Waals surface area contributed by atoms with E-state index in [-0.39, 0.29) is 0 Å². The average molecular weight is 1000 g/mol. The number of hydrogen-bond donors (Lipinski definition) is 0. The van der Waals surface area contributed by atoms with E-state index in [4.69, 9.17) is 8.83 Å². The van der Waals surface area contributed by atoms with Crippen LogP contribution >= 0.6 is 11.3 Å². The van der Waals surface area contributed by atoms with Crippen LogP contribution in [0.25, 0.3) is 109 Å². The smallest absolute Gasteiger partial charge is 0.137 e. The summed E-state index contributed by atoms with van der Waals surface area (Å²) in [6.45, 7) is 0. The lowest BCUT2D eigenvalue weighted by molar-refractivity contribution is 0.669. The lowest BCUT2D eigenvalue weighted by Gasteiger charge is -2.28. The van der Waals surface area contributed by atoms with Crippen LogP contribution in [0.1, 0.15) is 0 Å². The van der Waals surface area contributed by atoms with Crippen LogP contribution in [0.3, 0.4) is 0 Å². The first-order chi connectivity index (χ1) is 38.2. The Bertz CT molecular complexity index is 4690. The Kier molecular flexibility index (Phi) is 10.7. The number of anilines is 6. The molecule has 5 heteroatoms. The van der Waals surface area contributed by atoms with Gasteiger partial charge in [0.15, 0.2) is 0 Å². The molecule has 3 aromatic heterocycles. The third-order valence-electron chi connectivity index (χ3n) is 15.1. The molecule has 0 amide bonds. The molecule has 0 saturated heterocycles. The maximum absolute atomic E-state index is 6.88. The van der Waals surface area contributed by atoms with E-state index in [9.17, 15) is 0 Å². The Labute approximate surface area is 449 Å². The van der Waals surface area contributed by atoms with Crippen LogP contribution in [0, 0.1) is 0 Å². The molecule has 0 bridgehead atoms. The van der Waals surface area contributed by atoms with Crippen molar-refractivity contribution in [2.45, 2.75) is 0 Å². The molecule has 0 unspecified atom stereocenters. The van der Waals surface area contributed by atoms with E-state index >= 15 is 0 Å². The van der Waals surface area contributed by atoms with Gasteiger partial charge in [-0.1, -0.05) is 164 Å². The zero-order valence-electron chi connectivity index (χ0n) is 41.7. The van der Waals surface area contributed by atoms with Gasteiger partial charge in [-0.05, 0) is 148 Å². The van der Waals surface area contributed by atoms with Crippen LogP contribution in [-0.4, -0.2) is 0 Å². The summed E-state index contributed by atoms with van der Waals surface area (Å²) in [4.78, 5) is 4.69. The van der Waals surface area contributed by atoms with Crippen LogP contribution in [0.4, 0.5) is 34.1 Å². The molecule has 0 saturated carbocycles. The predicted octanol–water partition coefficient (Wildman–Crippen LogP) is 21.5. The normalized spacial score (nSPS) is 11.6. The second kappa shape index (κ2) is 18.5. The van der Waals surface area contributed by atoms with Gasteiger partial charge < -0.3 is 18.6 Å². The zero-order valence-corrected chi connectivity index (χ0v) is 42.5. The minimum atomic E-state index is 0.817. The monoisotopic (exact) mass is 1000 g/mol. The average Bonchev–Trinajstić information content (AvgIpc) is 4.24. The van der Waals surface area contributed by atoms with Crippen molar-refractivity contribution in [3.8, 4) is 44.5 Å². The van der Waals surface area contributed by atoms with E-state index in [2.05, 4.69) is 283 Å². The molecule has 0 aliphatic rings. The fourth-order valence-electron chi connectivity index (χ4n) is 11.5. The van der Waals surface area contributed by atoms with Crippen LogP contribution in [0.5, 0.6) is 0 Å². The van der Waals surface area contributed by atoms with Crippen molar-refractivity contribution in [3.05, 3.63) is 279 Å². The maximum Gasteiger partial charge on any atom is 0.137 e. The van der Waals surface area contributed by atoms with Gasteiger partial charge in [-0.2, -0.15) is 0 Å². The van der Waals surface area contributed by atoms with E-state index < -0.39 is 0 Å². The van der Waals surface area contributed by atoms with Gasteiger partial charge in [0.1, 0.15) is 22.3 Å². The van der Waals surface area contributed by atoms with E-state index in [1.807, 2.05) is 17.4 Å². The summed E-state index contributed by atoms with van der Waals surface area (Å²) in [5, 5.41) is 6.87. The molecule has 4 nitrogen and oxygen atoms in total. The minimum Gasteiger partial charge on any atom is -0.456 e. The Hall–Kier alpha value is -9.94. The van der Waals surface area contributed by atoms with Crippen LogP contribution in [0.15, 0.2) is 288 Å². The van der Waals surface area contributed by atoms with Gasteiger partial charge in [-0.3, -0.25) is 0 Å². The molecule has 0 radical (unpaired) electrons.